The van der Waals surface area contributed by atoms with Gasteiger partial charge in [0.15, 0.2) is 5.75 Å². The van der Waals surface area contributed by atoms with Crippen molar-refractivity contribution in [2.45, 2.75) is 13.0 Å². The molecular weight excluding hydrogens is 332 g/mol. The summed E-state index contributed by atoms with van der Waals surface area (Å²) in [5.74, 6) is 0.811. The number of ether oxygens (including phenoxy) is 1. The van der Waals surface area contributed by atoms with Gasteiger partial charge < -0.3 is 4.74 Å². The first-order chi connectivity index (χ1) is 13.2. The van der Waals surface area contributed by atoms with Gasteiger partial charge in [-0.1, -0.05) is 91.0 Å². The van der Waals surface area contributed by atoms with Crippen LogP contribution in [0.5, 0.6) is 5.75 Å². The minimum Gasteiger partial charge on any atom is -0.481 e. The molecule has 3 heteroatoms. The van der Waals surface area contributed by atoms with E-state index in [1.807, 2.05) is 66.3 Å². The van der Waals surface area contributed by atoms with Crippen LogP contribution in [-0.4, -0.2) is 9.78 Å². The Labute approximate surface area is 159 Å². The number of benzene rings is 3. The molecule has 3 nitrogen and oxygen atoms in total. The third-order valence-corrected chi connectivity index (χ3v) is 4.66. The van der Waals surface area contributed by atoms with E-state index in [2.05, 4.69) is 43.3 Å². The Morgan fingerprint density at radius 1 is 0.741 bits per heavy atom. The molecular formula is C24H22N2O. The lowest BCUT2D eigenvalue weighted by Crippen LogP contribution is -2.04. The first kappa shape index (κ1) is 17.1. The second-order valence-corrected chi connectivity index (χ2v) is 6.55. The van der Waals surface area contributed by atoms with Crippen molar-refractivity contribution < 1.29 is 4.74 Å². The van der Waals surface area contributed by atoms with Gasteiger partial charge in [0.1, 0.15) is 17.5 Å². The van der Waals surface area contributed by atoms with Crippen molar-refractivity contribution in [3.8, 4) is 28.3 Å². The van der Waals surface area contributed by atoms with Crippen LogP contribution in [0, 0.1) is 0 Å². The van der Waals surface area contributed by atoms with Gasteiger partial charge in [-0.2, -0.15) is 5.10 Å². The highest BCUT2D eigenvalue weighted by Gasteiger charge is 2.22. The summed E-state index contributed by atoms with van der Waals surface area (Å²) < 4.78 is 8.42. The summed E-state index contributed by atoms with van der Waals surface area (Å²) in [4.78, 5) is 0. The zero-order valence-electron chi connectivity index (χ0n) is 15.5. The summed E-state index contributed by atoms with van der Waals surface area (Å²) in [5, 5.41) is 4.80. The van der Waals surface area contributed by atoms with Crippen molar-refractivity contribution >= 4 is 0 Å². The molecule has 0 spiro atoms. The van der Waals surface area contributed by atoms with E-state index in [1.165, 1.54) is 0 Å². The molecule has 0 N–H and O–H groups in total. The van der Waals surface area contributed by atoms with E-state index >= 15 is 0 Å². The molecule has 0 aliphatic rings. The Bertz CT molecular complexity index is 1010. The quantitative estimate of drug-likeness (QED) is 0.446. The Hall–Kier alpha value is -3.33. The first-order valence-electron chi connectivity index (χ1n) is 9.13. The van der Waals surface area contributed by atoms with Gasteiger partial charge in [0, 0.05) is 18.2 Å². The number of hydrogen-bond donors (Lipinski definition) is 0. The van der Waals surface area contributed by atoms with Crippen molar-refractivity contribution in [3.05, 3.63) is 96.6 Å². The summed E-state index contributed by atoms with van der Waals surface area (Å²) in [6.07, 6.45) is -0.0830. The van der Waals surface area contributed by atoms with E-state index in [0.717, 1.165) is 33.8 Å². The summed E-state index contributed by atoms with van der Waals surface area (Å²) in [6.45, 7) is 2.08. The zero-order valence-corrected chi connectivity index (χ0v) is 15.5. The van der Waals surface area contributed by atoms with Gasteiger partial charge in [-0.05, 0) is 12.5 Å². The van der Waals surface area contributed by atoms with Crippen molar-refractivity contribution in [2.75, 3.05) is 0 Å². The molecule has 0 aliphatic carbocycles. The zero-order chi connectivity index (χ0) is 18.6. The summed E-state index contributed by atoms with van der Waals surface area (Å²) >= 11 is 0. The predicted octanol–water partition coefficient (Wildman–Crippen LogP) is 5.89. The number of nitrogens with zero attached hydrogens (tertiary/aromatic N) is 2. The Morgan fingerprint density at radius 3 is 1.85 bits per heavy atom. The molecule has 4 aromatic rings. The van der Waals surface area contributed by atoms with Gasteiger partial charge in [0.25, 0.3) is 0 Å². The molecule has 0 radical (unpaired) electrons. The van der Waals surface area contributed by atoms with E-state index in [-0.39, 0.29) is 6.10 Å². The van der Waals surface area contributed by atoms with Gasteiger partial charge in [-0.3, -0.25) is 4.68 Å². The fourth-order valence-electron chi connectivity index (χ4n) is 3.28. The lowest BCUT2D eigenvalue weighted by atomic mass is 10.1. The van der Waals surface area contributed by atoms with Gasteiger partial charge >= 0.3 is 0 Å². The number of aromatic nitrogens is 2. The molecule has 1 unspecified atom stereocenters. The maximum absolute atomic E-state index is 6.51. The van der Waals surface area contributed by atoms with Crippen molar-refractivity contribution in [1.82, 2.24) is 9.78 Å². The average molecular weight is 354 g/mol. The monoisotopic (exact) mass is 354 g/mol. The second-order valence-electron chi connectivity index (χ2n) is 6.55. The van der Waals surface area contributed by atoms with Crippen LogP contribution in [0.15, 0.2) is 91.0 Å². The lowest BCUT2D eigenvalue weighted by molar-refractivity contribution is 0.229. The van der Waals surface area contributed by atoms with E-state index in [1.54, 1.807) is 0 Å². The third kappa shape index (κ3) is 3.49. The topological polar surface area (TPSA) is 27.1 Å². The first-order valence-corrected chi connectivity index (χ1v) is 9.13. The summed E-state index contributed by atoms with van der Waals surface area (Å²) in [7, 11) is 1.97. The SMILES string of the molecule is CC(Oc1c(-c2ccccc2)nn(C)c1-c1ccccc1)c1ccccc1. The molecule has 0 amide bonds. The highest BCUT2D eigenvalue weighted by Crippen LogP contribution is 2.40. The highest BCUT2D eigenvalue weighted by atomic mass is 16.5. The van der Waals surface area contributed by atoms with Crippen LogP contribution in [0.3, 0.4) is 0 Å². The second kappa shape index (κ2) is 7.50. The van der Waals surface area contributed by atoms with Gasteiger partial charge in [0.05, 0.1) is 0 Å². The minimum atomic E-state index is -0.0830. The van der Waals surface area contributed by atoms with Crippen molar-refractivity contribution in [3.63, 3.8) is 0 Å². The molecule has 0 bridgehead atoms. The number of aryl methyl sites for hydroxylation is 1. The van der Waals surface area contributed by atoms with E-state index < -0.39 is 0 Å². The van der Waals surface area contributed by atoms with Gasteiger partial charge in [-0.25, -0.2) is 0 Å². The van der Waals surface area contributed by atoms with Crippen LogP contribution in [-0.2, 0) is 7.05 Å². The maximum atomic E-state index is 6.51. The highest BCUT2D eigenvalue weighted by molar-refractivity contribution is 5.78. The Kier molecular flexibility index (Phi) is 4.75. The molecule has 1 heterocycles. The largest absolute Gasteiger partial charge is 0.481 e. The molecule has 0 saturated carbocycles. The summed E-state index contributed by atoms with van der Waals surface area (Å²) in [6, 6.07) is 30.7. The predicted molar refractivity (Wildman–Crippen MR) is 110 cm³/mol. The van der Waals surface area contributed by atoms with Crippen LogP contribution < -0.4 is 4.74 Å². The van der Waals surface area contributed by atoms with Gasteiger partial charge in [-0.15, -0.1) is 0 Å². The fraction of sp³-hybridized carbons (Fsp3) is 0.125. The van der Waals surface area contributed by atoms with E-state index in [4.69, 9.17) is 9.84 Å². The maximum Gasteiger partial charge on any atom is 0.174 e. The molecule has 0 saturated heterocycles. The molecule has 4 rings (SSSR count). The smallest absolute Gasteiger partial charge is 0.174 e. The fourth-order valence-corrected chi connectivity index (χ4v) is 3.28. The van der Waals surface area contributed by atoms with Crippen LogP contribution in [0.4, 0.5) is 0 Å². The number of rotatable bonds is 5. The molecule has 134 valence electrons. The number of hydrogen-bond acceptors (Lipinski definition) is 2. The van der Waals surface area contributed by atoms with Crippen LogP contribution in [0.1, 0.15) is 18.6 Å². The lowest BCUT2D eigenvalue weighted by Gasteiger charge is -2.17. The van der Waals surface area contributed by atoms with Crippen molar-refractivity contribution in [2.24, 2.45) is 7.05 Å². The molecule has 27 heavy (non-hydrogen) atoms. The van der Waals surface area contributed by atoms with Crippen LogP contribution >= 0.6 is 0 Å². The molecule has 1 atom stereocenters. The average Bonchev–Trinajstić information content (AvgIpc) is 3.05. The minimum absolute atomic E-state index is 0.0830. The Morgan fingerprint density at radius 2 is 1.26 bits per heavy atom. The molecule has 1 aromatic heterocycles. The van der Waals surface area contributed by atoms with Crippen LogP contribution in [0.2, 0.25) is 0 Å². The third-order valence-electron chi connectivity index (χ3n) is 4.66. The Balaban J connectivity index is 1.84. The van der Waals surface area contributed by atoms with Gasteiger partial charge in [0.2, 0.25) is 0 Å². The standard InChI is InChI=1S/C24H22N2O/c1-18(19-12-6-3-7-13-19)27-24-22(20-14-8-4-9-15-20)25-26(2)23(24)21-16-10-5-11-17-21/h3-18H,1-2H3. The van der Waals surface area contributed by atoms with Crippen LogP contribution in [0.25, 0.3) is 22.5 Å². The summed E-state index contributed by atoms with van der Waals surface area (Å²) in [5.41, 5.74) is 5.12. The molecule has 0 fully saturated rings. The molecule has 0 aliphatic heterocycles. The van der Waals surface area contributed by atoms with Crippen molar-refractivity contribution in [1.29, 1.82) is 0 Å². The van der Waals surface area contributed by atoms with E-state index in [9.17, 15) is 0 Å². The van der Waals surface area contributed by atoms with E-state index in [0.29, 0.717) is 0 Å². The molecule has 3 aromatic carbocycles. The normalized spacial score (nSPS) is 11.9.